The summed E-state index contributed by atoms with van der Waals surface area (Å²) in [6.07, 6.45) is 3.16. The van der Waals surface area contributed by atoms with Crippen LogP contribution in [-0.4, -0.2) is 15.4 Å². The van der Waals surface area contributed by atoms with Crippen molar-refractivity contribution in [1.29, 1.82) is 0 Å². The largest absolute Gasteiger partial charge is 0.463 e. The number of furan rings is 1. The second kappa shape index (κ2) is 4.31. The van der Waals surface area contributed by atoms with Gasteiger partial charge in [-0.25, -0.2) is 0 Å². The summed E-state index contributed by atoms with van der Waals surface area (Å²) in [7, 11) is 0. The predicted molar refractivity (Wildman–Crippen MR) is 72.7 cm³/mol. The van der Waals surface area contributed by atoms with Gasteiger partial charge in [-0.2, -0.15) is 0 Å². The van der Waals surface area contributed by atoms with E-state index in [1.165, 1.54) is 0 Å². The molecule has 0 N–H and O–H groups in total. The van der Waals surface area contributed by atoms with Crippen LogP contribution in [0.4, 0.5) is 0 Å². The molecule has 0 bridgehead atoms. The van der Waals surface area contributed by atoms with Gasteiger partial charge in [0.2, 0.25) is 0 Å². The van der Waals surface area contributed by atoms with Crippen molar-refractivity contribution < 1.29 is 8.94 Å². The highest BCUT2D eigenvalue weighted by Gasteiger charge is 2.17. The first kappa shape index (κ1) is 10.9. The van der Waals surface area contributed by atoms with E-state index in [1.54, 1.807) is 12.5 Å². The van der Waals surface area contributed by atoms with Gasteiger partial charge in [0.25, 0.3) is 0 Å². The van der Waals surface area contributed by atoms with E-state index < -0.39 is 0 Å². The summed E-state index contributed by atoms with van der Waals surface area (Å²) >= 11 is 0. The molecule has 0 aliphatic rings. The summed E-state index contributed by atoms with van der Waals surface area (Å²) in [4.78, 5) is 0. The molecule has 20 heavy (non-hydrogen) atoms. The van der Waals surface area contributed by atoms with Gasteiger partial charge in [-0.05, 0) is 12.1 Å². The standard InChI is InChI=1S/C15H9N3O2/c1-2-5-10(6-3-1)13-15-11(9-20-18-15)14(17-16-13)12-7-4-8-19-12/h1-9H. The van der Waals surface area contributed by atoms with Crippen LogP contribution in [-0.2, 0) is 0 Å². The second-order valence-corrected chi connectivity index (χ2v) is 4.32. The quantitative estimate of drug-likeness (QED) is 0.553. The molecule has 0 radical (unpaired) electrons. The molecule has 0 aliphatic heterocycles. The van der Waals surface area contributed by atoms with Crippen molar-refractivity contribution in [3.05, 3.63) is 55.0 Å². The zero-order valence-corrected chi connectivity index (χ0v) is 10.4. The Labute approximate surface area is 113 Å². The van der Waals surface area contributed by atoms with Gasteiger partial charge >= 0.3 is 0 Å². The number of hydrogen-bond acceptors (Lipinski definition) is 5. The molecule has 1 aromatic carbocycles. The molecule has 96 valence electrons. The summed E-state index contributed by atoms with van der Waals surface area (Å²) in [5.41, 5.74) is 2.96. The Morgan fingerprint density at radius 1 is 0.850 bits per heavy atom. The van der Waals surface area contributed by atoms with E-state index in [1.807, 2.05) is 42.5 Å². The lowest BCUT2D eigenvalue weighted by Gasteiger charge is -2.02. The molecule has 0 aliphatic carbocycles. The Bertz CT molecular complexity index is 851. The zero-order chi connectivity index (χ0) is 13.4. The van der Waals surface area contributed by atoms with Crippen LogP contribution >= 0.6 is 0 Å². The fraction of sp³-hybridized carbons (Fsp3) is 0. The highest BCUT2D eigenvalue weighted by atomic mass is 16.5. The number of rotatable bonds is 2. The SMILES string of the molecule is c1ccc(-c2nnc(-c3ccco3)c3conc23)cc1. The number of nitrogens with zero attached hydrogens (tertiary/aromatic N) is 3. The molecule has 0 saturated carbocycles. The van der Waals surface area contributed by atoms with Crippen LogP contribution in [0.25, 0.3) is 33.6 Å². The van der Waals surface area contributed by atoms with Crippen LogP contribution in [0, 0.1) is 0 Å². The lowest BCUT2D eigenvalue weighted by Crippen LogP contribution is -1.93. The highest BCUT2D eigenvalue weighted by molar-refractivity contribution is 5.97. The normalized spacial score (nSPS) is 11.0. The van der Waals surface area contributed by atoms with Gasteiger partial charge in [-0.3, -0.25) is 0 Å². The van der Waals surface area contributed by atoms with Gasteiger partial charge in [-0.1, -0.05) is 35.5 Å². The van der Waals surface area contributed by atoms with Crippen molar-refractivity contribution in [3.8, 4) is 22.7 Å². The van der Waals surface area contributed by atoms with E-state index >= 15 is 0 Å². The molecule has 0 saturated heterocycles. The molecule has 4 rings (SSSR count). The van der Waals surface area contributed by atoms with Gasteiger partial charge in [0.05, 0.1) is 11.6 Å². The van der Waals surface area contributed by atoms with Crippen LogP contribution in [0.3, 0.4) is 0 Å². The molecule has 0 unspecified atom stereocenters. The number of fused-ring (bicyclic) bond motifs is 1. The molecule has 3 heterocycles. The second-order valence-electron chi connectivity index (χ2n) is 4.32. The van der Waals surface area contributed by atoms with Gasteiger partial charge in [0.15, 0.2) is 5.76 Å². The fourth-order valence-electron chi connectivity index (χ4n) is 2.16. The molecule has 5 heteroatoms. The molecular weight excluding hydrogens is 254 g/mol. The third-order valence-corrected chi connectivity index (χ3v) is 3.10. The molecule has 0 amide bonds. The Hall–Kier alpha value is -2.95. The first-order chi connectivity index (χ1) is 9.93. The lowest BCUT2D eigenvalue weighted by atomic mass is 10.1. The zero-order valence-electron chi connectivity index (χ0n) is 10.4. The van der Waals surface area contributed by atoms with Crippen LogP contribution in [0.15, 0.2) is 63.9 Å². The Morgan fingerprint density at radius 2 is 1.70 bits per heavy atom. The van der Waals surface area contributed by atoms with Crippen molar-refractivity contribution in [1.82, 2.24) is 15.4 Å². The maximum atomic E-state index is 5.37. The van der Waals surface area contributed by atoms with Crippen molar-refractivity contribution in [2.24, 2.45) is 0 Å². The Morgan fingerprint density at radius 3 is 2.50 bits per heavy atom. The van der Waals surface area contributed by atoms with Gasteiger partial charge in [0.1, 0.15) is 23.2 Å². The number of benzene rings is 1. The fourth-order valence-corrected chi connectivity index (χ4v) is 2.16. The topological polar surface area (TPSA) is 65.0 Å². The Kier molecular flexibility index (Phi) is 2.35. The average molecular weight is 263 g/mol. The molecule has 3 aromatic heterocycles. The van der Waals surface area contributed by atoms with E-state index in [-0.39, 0.29) is 0 Å². The van der Waals surface area contributed by atoms with E-state index in [0.29, 0.717) is 22.7 Å². The predicted octanol–water partition coefficient (Wildman–Crippen LogP) is 3.54. The van der Waals surface area contributed by atoms with Crippen molar-refractivity contribution in [2.45, 2.75) is 0 Å². The average Bonchev–Trinajstić information content (AvgIpc) is 3.18. The van der Waals surface area contributed by atoms with Crippen molar-refractivity contribution in [3.63, 3.8) is 0 Å². The third kappa shape index (κ3) is 1.60. The van der Waals surface area contributed by atoms with Gasteiger partial charge in [0, 0.05) is 5.56 Å². The minimum atomic E-state index is 0.630. The van der Waals surface area contributed by atoms with E-state index in [0.717, 1.165) is 10.9 Å². The summed E-state index contributed by atoms with van der Waals surface area (Å²) in [5, 5.41) is 13.4. The Balaban J connectivity index is 1.99. The van der Waals surface area contributed by atoms with Gasteiger partial charge < -0.3 is 8.94 Å². The summed E-state index contributed by atoms with van der Waals surface area (Å²) in [5.74, 6) is 0.644. The molecule has 0 atom stereocenters. The molecule has 0 spiro atoms. The summed E-state index contributed by atoms with van der Waals surface area (Å²) < 4.78 is 10.5. The van der Waals surface area contributed by atoms with Crippen LogP contribution in [0.1, 0.15) is 0 Å². The monoisotopic (exact) mass is 263 g/mol. The van der Waals surface area contributed by atoms with Gasteiger partial charge in [-0.15, -0.1) is 10.2 Å². The minimum Gasteiger partial charge on any atom is -0.463 e. The maximum absolute atomic E-state index is 5.37. The third-order valence-electron chi connectivity index (χ3n) is 3.10. The molecule has 0 fully saturated rings. The molecular formula is C15H9N3O2. The lowest BCUT2D eigenvalue weighted by molar-refractivity contribution is 0.428. The van der Waals surface area contributed by atoms with E-state index in [9.17, 15) is 0 Å². The van der Waals surface area contributed by atoms with Crippen LogP contribution in [0.2, 0.25) is 0 Å². The number of hydrogen-bond donors (Lipinski definition) is 0. The van der Waals surface area contributed by atoms with Crippen molar-refractivity contribution >= 4 is 10.9 Å². The van der Waals surface area contributed by atoms with E-state index in [4.69, 9.17) is 8.94 Å². The van der Waals surface area contributed by atoms with Crippen LogP contribution in [0.5, 0.6) is 0 Å². The summed E-state index contributed by atoms with van der Waals surface area (Å²) in [6, 6.07) is 13.4. The maximum Gasteiger partial charge on any atom is 0.154 e. The first-order valence-electron chi connectivity index (χ1n) is 6.13. The smallest absolute Gasteiger partial charge is 0.154 e. The first-order valence-corrected chi connectivity index (χ1v) is 6.13. The molecule has 4 aromatic rings. The van der Waals surface area contributed by atoms with Crippen molar-refractivity contribution in [2.75, 3.05) is 0 Å². The van der Waals surface area contributed by atoms with Crippen LogP contribution < -0.4 is 0 Å². The van der Waals surface area contributed by atoms with E-state index in [2.05, 4.69) is 15.4 Å². The summed E-state index contributed by atoms with van der Waals surface area (Å²) in [6.45, 7) is 0. The highest BCUT2D eigenvalue weighted by Crippen LogP contribution is 2.31. The molecule has 5 nitrogen and oxygen atoms in total. The number of aromatic nitrogens is 3. The minimum absolute atomic E-state index is 0.630.